The Labute approximate surface area is 245 Å². The van der Waals surface area contributed by atoms with E-state index in [9.17, 15) is 18.7 Å². The molecule has 11 heteroatoms. The van der Waals surface area contributed by atoms with Crippen LogP contribution in [0.1, 0.15) is 27.3 Å². The molecule has 0 unspecified atom stereocenters. The number of alkyl halides is 2. The number of hydrogen-bond acceptors (Lipinski definition) is 6. The van der Waals surface area contributed by atoms with Crippen LogP contribution in [0, 0.1) is 5.82 Å². The number of benzene rings is 3. The summed E-state index contributed by atoms with van der Waals surface area (Å²) in [4.78, 5) is 20.6. The summed E-state index contributed by atoms with van der Waals surface area (Å²) in [5.41, 5.74) is 3.57. The third kappa shape index (κ3) is 7.31. The number of carboxylic acids is 1. The molecule has 222 valence electrons. The van der Waals surface area contributed by atoms with Crippen LogP contribution in [-0.2, 0) is 24.3 Å². The normalized spacial score (nSPS) is 11.3. The average molecular weight is 592 g/mol. The van der Waals surface area contributed by atoms with Gasteiger partial charge in [-0.25, -0.2) is 27.9 Å². The summed E-state index contributed by atoms with van der Waals surface area (Å²) in [5.74, 6) is -0.272. The van der Waals surface area contributed by atoms with E-state index in [1.54, 1.807) is 73.8 Å². The Morgan fingerprint density at radius 3 is 2.58 bits per heavy atom. The van der Waals surface area contributed by atoms with Gasteiger partial charge >= 0.3 is 5.97 Å². The Balaban J connectivity index is 1.32. The van der Waals surface area contributed by atoms with Crippen molar-refractivity contribution in [2.45, 2.75) is 26.0 Å². The zero-order valence-corrected chi connectivity index (χ0v) is 23.2. The van der Waals surface area contributed by atoms with Crippen molar-refractivity contribution in [2.24, 2.45) is 0 Å². The maximum Gasteiger partial charge on any atom is 0.335 e. The summed E-state index contributed by atoms with van der Waals surface area (Å²) in [7, 11) is 1.57. The van der Waals surface area contributed by atoms with E-state index in [0.29, 0.717) is 64.0 Å². The molecule has 0 bridgehead atoms. The molecule has 0 aliphatic carbocycles. The molecule has 1 N–H and O–H groups in total. The largest absolute Gasteiger partial charge is 0.488 e. The van der Waals surface area contributed by atoms with Gasteiger partial charge in [-0.05, 0) is 53.6 Å². The van der Waals surface area contributed by atoms with Crippen LogP contribution in [-0.4, -0.2) is 52.4 Å². The number of methoxy groups -OCH3 is 1. The zero-order chi connectivity index (χ0) is 30.3. The number of aromatic carboxylic acids is 1. The first-order valence-electron chi connectivity index (χ1n) is 13.4. The number of carboxylic acid groups (broad SMARTS) is 1. The van der Waals surface area contributed by atoms with E-state index in [4.69, 9.17) is 14.2 Å². The summed E-state index contributed by atoms with van der Waals surface area (Å²) in [6, 6.07) is 21.4. The fourth-order valence-corrected chi connectivity index (χ4v) is 4.59. The Kier molecular flexibility index (Phi) is 9.21. The number of ether oxygens (including phenoxy) is 3. The number of nitrogens with zero attached hydrogens (tertiary/aromatic N) is 3. The highest BCUT2D eigenvalue weighted by Gasteiger charge is 2.16. The van der Waals surface area contributed by atoms with Crippen LogP contribution in [0.4, 0.5) is 13.2 Å². The number of aromatic nitrogens is 3. The van der Waals surface area contributed by atoms with Crippen molar-refractivity contribution in [3.8, 4) is 22.9 Å². The van der Waals surface area contributed by atoms with Crippen LogP contribution in [0.3, 0.4) is 0 Å². The third-order valence-electron chi connectivity index (χ3n) is 6.68. The third-order valence-corrected chi connectivity index (χ3v) is 6.68. The first kappa shape index (κ1) is 29.6. The predicted molar refractivity (Wildman–Crippen MR) is 153 cm³/mol. The van der Waals surface area contributed by atoms with Gasteiger partial charge in [0.15, 0.2) is 0 Å². The number of fused-ring (bicyclic) bond motifs is 1. The van der Waals surface area contributed by atoms with Gasteiger partial charge in [0.2, 0.25) is 5.88 Å². The van der Waals surface area contributed by atoms with E-state index < -0.39 is 24.8 Å². The lowest BCUT2D eigenvalue weighted by Crippen LogP contribution is -2.10. The van der Waals surface area contributed by atoms with Gasteiger partial charge in [-0.3, -0.25) is 0 Å². The molecule has 0 saturated carbocycles. The average Bonchev–Trinajstić information content (AvgIpc) is 3.35. The lowest BCUT2D eigenvalue weighted by Gasteiger charge is -2.11. The number of hydrogen-bond donors (Lipinski definition) is 1. The molecule has 0 atom stereocenters. The maximum atomic E-state index is 15.4. The van der Waals surface area contributed by atoms with Crippen LogP contribution >= 0.6 is 0 Å². The van der Waals surface area contributed by atoms with Crippen molar-refractivity contribution in [2.75, 3.05) is 20.3 Å². The topological polar surface area (TPSA) is 95.7 Å². The van der Waals surface area contributed by atoms with Gasteiger partial charge in [0.25, 0.3) is 6.43 Å². The molecule has 0 aliphatic heterocycles. The first-order chi connectivity index (χ1) is 20.8. The number of halogens is 3. The summed E-state index contributed by atoms with van der Waals surface area (Å²) < 4.78 is 58.2. The van der Waals surface area contributed by atoms with Gasteiger partial charge in [0.05, 0.1) is 28.9 Å². The van der Waals surface area contributed by atoms with Crippen LogP contribution in [0.15, 0.2) is 78.9 Å². The monoisotopic (exact) mass is 591 g/mol. The minimum atomic E-state index is -2.57. The van der Waals surface area contributed by atoms with E-state index in [0.717, 1.165) is 0 Å². The Bertz CT molecular complexity index is 1740. The van der Waals surface area contributed by atoms with Gasteiger partial charge in [-0.2, -0.15) is 0 Å². The number of carbonyl (C=O) groups is 1. The molecule has 2 aromatic heterocycles. The van der Waals surface area contributed by atoms with Crippen molar-refractivity contribution in [1.82, 2.24) is 14.5 Å². The molecule has 0 saturated heterocycles. The number of pyridine rings is 1. The second kappa shape index (κ2) is 13.4. The van der Waals surface area contributed by atoms with Gasteiger partial charge in [0.1, 0.15) is 30.6 Å². The summed E-state index contributed by atoms with van der Waals surface area (Å²) >= 11 is 0. The standard InChI is InChI=1S/C32H28F3N3O5/c1-41-13-12-38-28-16-23(32(39)40)10-11-27(28)36-30(38)17-21-8-9-22(15-25(21)33)26-6-3-7-31(37-26)43-18-20-4-2-5-24(14-20)42-19-29(34)35/h2-11,14-16,29H,12-13,17-19H2,1H3,(H,39,40). The predicted octanol–water partition coefficient (Wildman–Crippen LogP) is 6.40. The highest BCUT2D eigenvalue weighted by atomic mass is 19.3. The molecule has 0 amide bonds. The number of imidazole rings is 1. The van der Waals surface area contributed by atoms with Crippen LogP contribution < -0.4 is 9.47 Å². The highest BCUT2D eigenvalue weighted by molar-refractivity contribution is 5.92. The summed E-state index contributed by atoms with van der Waals surface area (Å²) in [6.07, 6.45) is -2.38. The van der Waals surface area contributed by atoms with Gasteiger partial charge in [-0.1, -0.05) is 30.3 Å². The van der Waals surface area contributed by atoms with E-state index in [1.807, 2.05) is 4.57 Å². The molecule has 43 heavy (non-hydrogen) atoms. The molecule has 5 aromatic rings. The summed E-state index contributed by atoms with van der Waals surface area (Å²) in [5, 5.41) is 9.41. The molecular formula is C32H28F3N3O5. The van der Waals surface area contributed by atoms with Crippen LogP contribution in [0.2, 0.25) is 0 Å². The van der Waals surface area contributed by atoms with Crippen molar-refractivity contribution in [3.63, 3.8) is 0 Å². The Hall–Kier alpha value is -4.90. The maximum absolute atomic E-state index is 15.4. The van der Waals surface area contributed by atoms with Gasteiger partial charge < -0.3 is 23.9 Å². The van der Waals surface area contributed by atoms with Crippen LogP contribution in [0.25, 0.3) is 22.3 Å². The second-order valence-corrected chi connectivity index (χ2v) is 9.66. The zero-order valence-electron chi connectivity index (χ0n) is 23.2. The van der Waals surface area contributed by atoms with Crippen LogP contribution in [0.5, 0.6) is 11.6 Å². The molecular weight excluding hydrogens is 563 g/mol. The Morgan fingerprint density at radius 1 is 0.977 bits per heavy atom. The van der Waals surface area contributed by atoms with Crippen molar-refractivity contribution >= 4 is 17.0 Å². The molecule has 3 aromatic carbocycles. The van der Waals surface area contributed by atoms with Gasteiger partial charge in [0, 0.05) is 31.7 Å². The minimum absolute atomic E-state index is 0.133. The minimum Gasteiger partial charge on any atom is -0.488 e. The molecule has 0 fully saturated rings. The molecule has 5 rings (SSSR count). The molecule has 8 nitrogen and oxygen atoms in total. The lowest BCUT2D eigenvalue weighted by atomic mass is 10.1. The van der Waals surface area contributed by atoms with Crippen molar-refractivity contribution in [1.29, 1.82) is 0 Å². The van der Waals surface area contributed by atoms with Crippen molar-refractivity contribution < 1.29 is 37.3 Å². The highest BCUT2D eigenvalue weighted by Crippen LogP contribution is 2.26. The van der Waals surface area contributed by atoms with E-state index in [1.165, 1.54) is 12.1 Å². The fraction of sp³-hybridized carbons (Fsp3) is 0.219. The van der Waals surface area contributed by atoms with Crippen molar-refractivity contribution in [3.05, 3.63) is 107 Å². The Morgan fingerprint density at radius 2 is 1.81 bits per heavy atom. The van der Waals surface area contributed by atoms with E-state index >= 15 is 4.39 Å². The smallest absolute Gasteiger partial charge is 0.335 e. The molecule has 0 radical (unpaired) electrons. The number of rotatable bonds is 13. The molecule has 0 aliphatic rings. The quantitative estimate of drug-likeness (QED) is 0.169. The molecule has 2 heterocycles. The first-order valence-corrected chi connectivity index (χ1v) is 13.4. The summed E-state index contributed by atoms with van der Waals surface area (Å²) in [6.45, 7) is 0.242. The van der Waals surface area contributed by atoms with E-state index in [-0.39, 0.29) is 18.6 Å². The lowest BCUT2D eigenvalue weighted by molar-refractivity contribution is 0.0697. The molecule has 0 spiro atoms. The van der Waals surface area contributed by atoms with Gasteiger partial charge in [-0.15, -0.1) is 0 Å². The fourth-order valence-electron chi connectivity index (χ4n) is 4.59. The van der Waals surface area contributed by atoms with E-state index in [2.05, 4.69) is 9.97 Å². The SMILES string of the molecule is COCCn1c(Cc2ccc(-c3cccc(OCc4cccc(OCC(F)F)c4)n3)cc2F)nc2ccc(C(=O)O)cc21. The second-order valence-electron chi connectivity index (χ2n) is 9.66.